The molecule has 1 aliphatic heterocycles. The van der Waals surface area contributed by atoms with Gasteiger partial charge >= 0.3 is 5.97 Å². The van der Waals surface area contributed by atoms with Gasteiger partial charge in [-0.15, -0.1) is 0 Å². The maximum atomic E-state index is 12.8. The minimum atomic E-state index is -1.55. The molecule has 1 saturated heterocycles. The molecule has 9 nitrogen and oxygen atoms in total. The Morgan fingerprint density at radius 2 is 0.953 bits per heavy atom. The summed E-state index contributed by atoms with van der Waals surface area (Å²) in [5.74, 6) is -0.341. The molecule has 0 aromatic heterocycles. The molecule has 1 rings (SSSR count). The molecule has 0 saturated carbocycles. The zero-order valence-corrected chi connectivity index (χ0v) is 40.5. The Kier molecular flexibility index (Phi) is 42.2. The van der Waals surface area contributed by atoms with E-state index in [1.54, 1.807) is 0 Å². The van der Waals surface area contributed by atoms with Crippen LogP contribution < -0.4 is 0 Å². The van der Waals surface area contributed by atoms with E-state index in [0.29, 0.717) is 6.61 Å². The summed E-state index contributed by atoms with van der Waals surface area (Å²) in [6.07, 6.45) is 54.7. The topological polar surface area (TPSA) is 135 Å². The fourth-order valence-corrected chi connectivity index (χ4v) is 7.31. The summed E-state index contributed by atoms with van der Waals surface area (Å²) in [5.41, 5.74) is 0. The van der Waals surface area contributed by atoms with Crippen molar-refractivity contribution in [3.05, 3.63) is 85.1 Å². The first-order valence-electron chi connectivity index (χ1n) is 25.7. The minimum Gasteiger partial charge on any atom is -0.457 e. The number of esters is 1. The maximum absolute atomic E-state index is 12.8. The van der Waals surface area contributed by atoms with Gasteiger partial charge in [0.25, 0.3) is 0 Å². The molecule has 9 heteroatoms. The normalized spacial score (nSPS) is 20.2. The lowest BCUT2D eigenvalue weighted by Gasteiger charge is -2.39. The fraction of sp³-hybridized carbons (Fsp3) is 0.727. The van der Waals surface area contributed by atoms with Gasteiger partial charge < -0.3 is 39.4 Å². The molecule has 6 atom stereocenters. The highest BCUT2D eigenvalue weighted by Gasteiger charge is 2.44. The molecule has 0 aromatic carbocycles. The average molecular weight is 899 g/mol. The highest BCUT2D eigenvalue weighted by Crippen LogP contribution is 2.22. The van der Waals surface area contributed by atoms with Crippen molar-refractivity contribution in [1.82, 2.24) is 0 Å². The zero-order chi connectivity index (χ0) is 46.4. The first-order valence-corrected chi connectivity index (χ1v) is 25.7. The fourth-order valence-electron chi connectivity index (χ4n) is 7.31. The standard InChI is InChI=1S/C55H94O9/c1-3-5-7-9-11-13-15-17-19-21-23-24-25-26-27-28-30-32-34-36-38-40-42-44-51(57)63-49(48-62-55-54(60)53(59)52(58)50(46-56)64-55)47-61-45-43-41-39-37-35-33-31-29-22-20-18-16-14-12-10-8-6-4-2/h5,7,11,13,17-20,23-24,26-27,30,32,49-50,52-56,58-60H,3-4,6,8-10,12,14-16,21-22,25,28-29,31,33-48H2,1-2H3/b7-5-,13-11-,19-17-,20-18-,24-23-,27-26-,32-30-. The van der Waals surface area contributed by atoms with Gasteiger partial charge in [-0.25, -0.2) is 0 Å². The Bertz CT molecular complexity index is 1250. The van der Waals surface area contributed by atoms with Crippen LogP contribution in [0.15, 0.2) is 85.1 Å². The summed E-state index contributed by atoms with van der Waals surface area (Å²) in [6, 6.07) is 0. The Hall–Kier alpha value is -2.63. The van der Waals surface area contributed by atoms with Crippen LogP contribution in [0, 0.1) is 0 Å². The van der Waals surface area contributed by atoms with Gasteiger partial charge in [-0.2, -0.15) is 0 Å². The number of rotatable bonds is 43. The number of hydrogen-bond donors (Lipinski definition) is 4. The van der Waals surface area contributed by atoms with Crippen LogP contribution in [0.3, 0.4) is 0 Å². The molecule has 4 N–H and O–H groups in total. The van der Waals surface area contributed by atoms with E-state index in [1.807, 2.05) is 0 Å². The summed E-state index contributed by atoms with van der Waals surface area (Å²) in [4.78, 5) is 12.8. The lowest BCUT2D eigenvalue weighted by molar-refractivity contribution is -0.305. The van der Waals surface area contributed by atoms with Crippen LogP contribution >= 0.6 is 0 Å². The molecule has 0 aromatic rings. The van der Waals surface area contributed by atoms with Gasteiger partial charge in [0.15, 0.2) is 6.29 Å². The number of unbranched alkanes of at least 4 members (excludes halogenated alkanes) is 18. The lowest BCUT2D eigenvalue weighted by Crippen LogP contribution is -2.59. The van der Waals surface area contributed by atoms with E-state index in [9.17, 15) is 25.2 Å². The van der Waals surface area contributed by atoms with Crippen molar-refractivity contribution < 1.29 is 44.2 Å². The second-order valence-corrected chi connectivity index (χ2v) is 17.2. The SMILES string of the molecule is CC/C=C\C/C=C\C/C=C\C/C=C\C/C=C\C/C=C\CCCCCCC(=O)OC(COCCCCCCCCCC/C=C\CCCCCCCC)COC1OC(CO)C(O)C(O)C1O. The third kappa shape index (κ3) is 35.6. The largest absolute Gasteiger partial charge is 0.457 e. The Labute approximate surface area is 390 Å². The molecular weight excluding hydrogens is 805 g/mol. The molecule has 1 heterocycles. The first-order chi connectivity index (χ1) is 31.4. The molecule has 1 fully saturated rings. The quantitative estimate of drug-likeness (QED) is 0.0268. The van der Waals surface area contributed by atoms with Crippen LogP contribution in [0.1, 0.15) is 194 Å². The Balaban J connectivity index is 2.25. The molecule has 368 valence electrons. The Morgan fingerprint density at radius 3 is 1.45 bits per heavy atom. The predicted molar refractivity (Wildman–Crippen MR) is 265 cm³/mol. The summed E-state index contributed by atoms with van der Waals surface area (Å²) in [7, 11) is 0. The number of ether oxygens (including phenoxy) is 4. The van der Waals surface area contributed by atoms with E-state index in [-0.39, 0.29) is 25.6 Å². The minimum absolute atomic E-state index is 0.128. The summed E-state index contributed by atoms with van der Waals surface area (Å²) in [6.45, 7) is 4.40. The molecule has 0 radical (unpaired) electrons. The van der Waals surface area contributed by atoms with Gasteiger partial charge in [-0.1, -0.05) is 182 Å². The number of aliphatic hydroxyl groups is 4. The number of allylic oxidation sites excluding steroid dienone is 14. The summed E-state index contributed by atoms with van der Waals surface area (Å²) >= 11 is 0. The van der Waals surface area contributed by atoms with E-state index >= 15 is 0 Å². The average Bonchev–Trinajstić information content (AvgIpc) is 3.30. The van der Waals surface area contributed by atoms with Gasteiger partial charge in [0.2, 0.25) is 0 Å². The molecule has 0 amide bonds. The van der Waals surface area contributed by atoms with Crippen LogP contribution in [0.5, 0.6) is 0 Å². The van der Waals surface area contributed by atoms with Crippen molar-refractivity contribution in [1.29, 1.82) is 0 Å². The van der Waals surface area contributed by atoms with Crippen LogP contribution in [-0.2, 0) is 23.7 Å². The van der Waals surface area contributed by atoms with Gasteiger partial charge in [-0.05, 0) is 89.9 Å². The van der Waals surface area contributed by atoms with Crippen molar-refractivity contribution in [3.8, 4) is 0 Å². The second kappa shape index (κ2) is 45.5. The molecule has 64 heavy (non-hydrogen) atoms. The molecule has 0 aliphatic carbocycles. The van der Waals surface area contributed by atoms with E-state index in [1.165, 1.54) is 89.9 Å². The molecule has 0 spiro atoms. The van der Waals surface area contributed by atoms with Gasteiger partial charge in [0.1, 0.15) is 30.5 Å². The van der Waals surface area contributed by atoms with Crippen molar-refractivity contribution in [2.45, 2.75) is 230 Å². The van der Waals surface area contributed by atoms with Crippen molar-refractivity contribution in [2.24, 2.45) is 0 Å². The van der Waals surface area contributed by atoms with Crippen LogP contribution in [0.2, 0.25) is 0 Å². The first kappa shape index (κ1) is 59.4. The van der Waals surface area contributed by atoms with Gasteiger partial charge in [0, 0.05) is 13.0 Å². The summed E-state index contributed by atoms with van der Waals surface area (Å²) < 4.78 is 22.9. The number of carbonyl (C=O) groups excluding carboxylic acids is 1. The third-order valence-electron chi connectivity index (χ3n) is 11.3. The highest BCUT2D eigenvalue weighted by molar-refractivity contribution is 5.69. The lowest BCUT2D eigenvalue weighted by atomic mass is 9.99. The molecule has 1 aliphatic rings. The van der Waals surface area contributed by atoms with E-state index in [2.05, 4.69) is 98.9 Å². The second-order valence-electron chi connectivity index (χ2n) is 17.2. The monoisotopic (exact) mass is 899 g/mol. The number of carbonyl (C=O) groups is 1. The van der Waals surface area contributed by atoms with E-state index in [4.69, 9.17) is 18.9 Å². The highest BCUT2D eigenvalue weighted by atomic mass is 16.7. The Morgan fingerprint density at radius 1 is 0.516 bits per heavy atom. The zero-order valence-electron chi connectivity index (χ0n) is 40.5. The van der Waals surface area contributed by atoms with Crippen LogP contribution in [-0.4, -0.2) is 89.6 Å². The van der Waals surface area contributed by atoms with Crippen LogP contribution in [0.4, 0.5) is 0 Å². The van der Waals surface area contributed by atoms with Gasteiger partial charge in [-0.3, -0.25) is 4.79 Å². The van der Waals surface area contributed by atoms with Crippen molar-refractivity contribution in [3.63, 3.8) is 0 Å². The maximum Gasteiger partial charge on any atom is 0.306 e. The summed E-state index contributed by atoms with van der Waals surface area (Å²) in [5, 5.41) is 40.2. The molecule has 0 bridgehead atoms. The predicted octanol–water partition coefficient (Wildman–Crippen LogP) is 12.6. The van der Waals surface area contributed by atoms with E-state index in [0.717, 1.165) is 83.5 Å². The molecule has 6 unspecified atom stereocenters. The van der Waals surface area contributed by atoms with Crippen LogP contribution in [0.25, 0.3) is 0 Å². The van der Waals surface area contributed by atoms with Crippen molar-refractivity contribution >= 4 is 5.97 Å². The third-order valence-corrected chi connectivity index (χ3v) is 11.3. The smallest absolute Gasteiger partial charge is 0.306 e. The van der Waals surface area contributed by atoms with Crippen molar-refractivity contribution in [2.75, 3.05) is 26.4 Å². The van der Waals surface area contributed by atoms with E-state index < -0.39 is 43.4 Å². The molecular formula is C55H94O9. The van der Waals surface area contributed by atoms with Gasteiger partial charge in [0.05, 0.1) is 19.8 Å². The number of aliphatic hydroxyl groups excluding tert-OH is 4. The number of hydrogen-bond acceptors (Lipinski definition) is 9.